The Morgan fingerprint density at radius 2 is 2.11 bits per heavy atom. The number of anilines is 1. The fourth-order valence-corrected chi connectivity index (χ4v) is 2.17. The van der Waals surface area contributed by atoms with E-state index in [0.717, 1.165) is 41.5 Å². The van der Waals surface area contributed by atoms with Crippen LogP contribution in [0, 0.1) is 5.82 Å². The molecule has 3 heteroatoms. The Bertz CT molecular complexity index is 630. The predicted molar refractivity (Wildman–Crippen MR) is 73.2 cm³/mol. The molecule has 0 amide bonds. The molecule has 0 atom stereocenters. The molecular formula is C15H15FN2. The van der Waals surface area contributed by atoms with Gasteiger partial charge in [0.05, 0.1) is 11.2 Å². The van der Waals surface area contributed by atoms with E-state index in [1.54, 1.807) is 12.3 Å². The third-order valence-corrected chi connectivity index (χ3v) is 3.44. The summed E-state index contributed by atoms with van der Waals surface area (Å²) in [7, 11) is 0. The fourth-order valence-electron chi connectivity index (χ4n) is 2.17. The van der Waals surface area contributed by atoms with E-state index >= 15 is 0 Å². The number of hydrogen-bond donors (Lipinski definition) is 0. The largest absolute Gasteiger partial charge is 0.369 e. The molecule has 2 aromatic rings. The van der Waals surface area contributed by atoms with Gasteiger partial charge in [-0.2, -0.15) is 0 Å². The highest BCUT2D eigenvalue weighted by Gasteiger charge is 2.18. The molecule has 0 saturated carbocycles. The standard InChI is InChI=1S/C15H15FN2/c1-10(2)12-6-11-7-13(16)15(18-4-3-5-18)8-14(11)17-9-12/h6-9H,1,3-5H2,2H3. The molecule has 3 rings (SSSR count). The van der Waals surface area contributed by atoms with Crippen molar-refractivity contribution in [1.29, 1.82) is 0 Å². The Labute approximate surface area is 106 Å². The smallest absolute Gasteiger partial charge is 0.147 e. The summed E-state index contributed by atoms with van der Waals surface area (Å²) in [6.07, 6.45) is 2.93. The Kier molecular flexibility index (Phi) is 2.54. The second-order valence-electron chi connectivity index (χ2n) is 4.84. The molecule has 92 valence electrons. The lowest BCUT2D eigenvalue weighted by Crippen LogP contribution is -2.37. The fraction of sp³-hybridized carbons (Fsp3) is 0.267. The number of rotatable bonds is 2. The molecule has 1 aliphatic heterocycles. The maximum absolute atomic E-state index is 14.0. The summed E-state index contributed by atoms with van der Waals surface area (Å²) in [4.78, 5) is 6.44. The van der Waals surface area contributed by atoms with E-state index in [9.17, 15) is 4.39 Å². The second-order valence-corrected chi connectivity index (χ2v) is 4.84. The minimum atomic E-state index is -0.164. The Balaban J connectivity index is 2.13. The molecule has 18 heavy (non-hydrogen) atoms. The third kappa shape index (κ3) is 1.76. The monoisotopic (exact) mass is 242 g/mol. The van der Waals surface area contributed by atoms with Gasteiger partial charge in [0.1, 0.15) is 5.82 Å². The van der Waals surface area contributed by atoms with Gasteiger partial charge in [0.2, 0.25) is 0 Å². The molecule has 2 nitrogen and oxygen atoms in total. The van der Waals surface area contributed by atoms with Crippen LogP contribution in [0.25, 0.3) is 16.5 Å². The van der Waals surface area contributed by atoms with Crippen molar-refractivity contribution in [1.82, 2.24) is 4.98 Å². The lowest BCUT2D eigenvalue weighted by molar-refractivity contribution is 0.574. The highest BCUT2D eigenvalue weighted by molar-refractivity contribution is 5.85. The normalized spacial score (nSPS) is 14.7. The van der Waals surface area contributed by atoms with Crippen molar-refractivity contribution in [2.45, 2.75) is 13.3 Å². The van der Waals surface area contributed by atoms with Crippen LogP contribution in [-0.4, -0.2) is 18.1 Å². The predicted octanol–water partition coefficient (Wildman–Crippen LogP) is 3.62. The first-order valence-corrected chi connectivity index (χ1v) is 6.15. The van der Waals surface area contributed by atoms with Crippen LogP contribution in [0.1, 0.15) is 18.9 Å². The first kappa shape index (κ1) is 11.2. The van der Waals surface area contributed by atoms with Crippen LogP contribution >= 0.6 is 0 Å². The molecule has 0 radical (unpaired) electrons. The SMILES string of the molecule is C=C(C)c1cnc2cc(N3CCC3)c(F)cc2c1. The highest BCUT2D eigenvalue weighted by Crippen LogP contribution is 2.29. The molecule has 0 spiro atoms. The number of allylic oxidation sites excluding steroid dienone is 1. The van der Waals surface area contributed by atoms with Crippen molar-refractivity contribution < 1.29 is 4.39 Å². The van der Waals surface area contributed by atoms with E-state index in [0.29, 0.717) is 5.69 Å². The molecular weight excluding hydrogens is 227 g/mol. The average Bonchev–Trinajstić information content (AvgIpc) is 2.27. The van der Waals surface area contributed by atoms with Gasteiger partial charge in [-0.3, -0.25) is 4.98 Å². The highest BCUT2D eigenvalue weighted by atomic mass is 19.1. The Morgan fingerprint density at radius 3 is 2.72 bits per heavy atom. The van der Waals surface area contributed by atoms with Gasteiger partial charge in [0, 0.05) is 24.7 Å². The molecule has 1 fully saturated rings. The summed E-state index contributed by atoms with van der Waals surface area (Å²) in [6, 6.07) is 5.35. The van der Waals surface area contributed by atoms with Gasteiger partial charge in [-0.25, -0.2) is 4.39 Å². The molecule has 0 bridgehead atoms. The van der Waals surface area contributed by atoms with Gasteiger partial charge < -0.3 is 4.90 Å². The number of nitrogens with zero attached hydrogens (tertiary/aromatic N) is 2. The maximum Gasteiger partial charge on any atom is 0.147 e. The topological polar surface area (TPSA) is 16.1 Å². The van der Waals surface area contributed by atoms with Crippen LogP contribution in [0.15, 0.2) is 31.0 Å². The van der Waals surface area contributed by atoms with Crippen LogP contribution in [0.3, 0.4) is 0 Å². The zero-order valence-corrected chi connectivity index (χ0v) is 10.4. The van der Waals surface area contributed by atoms with Crippen LogP contribution in [0.5, 0.6) is 0 Å². The van der Waals surface area contributed by atoms with Gasteiger partial charge in [0.25, 0.3) is 0 Å². The van der Waals surface area contributed by atoms with Crippen molar-refractivity contribution in [3.8, 4) is 0 Å². The minimum absolute atomic E-state index is 0.164. The van der Waals surface area contributed by atoms with Crippen molar-refractivity contribution in [2.24, 2.45) is 0 Å². The number of halogens is 1. The minimum Gasteiger partial charge on any atom is -0.369 e. The Hall–Kier alpha value is -1.90. The maximum atomic E-state index is 14.0. The van der Waals surface area contributed by atoms with E-state index in [2.05, 4.69) is 11.6 Å². The quantitative estimate of drug-likeness (QED) is 0.799. The van der Waals surface area contributed by atoms with E-state index in [-0.39, 0.29) is 5.82 Å². The summed E-state index contributed by atoms with van der Waals surface area (Å²) in [5, 5.41) is 0.831. The first-order chi connectivity index (χ1) is 8.65. The van der Waals surface area contributed by atoms with Crippen LogP contribution < -0.4 is 4.90 Å². The van der Waals surface area contributed by atoms with E-state index in [4.69, 9.17) is 0 Å². The number of hydrogen-bond acceptors (Lipinski definition) is 2. The molecule has 1 saturated heterocycles. The van der Waals surface area contributed by atoms with Crippen molar-refractivity contribution >= 4 is 22.2 Å². The molecule has 1 aliphatic rings. The summed E-state index contributed by atoms with van der Waals surface area (Å²) in [5.41, 5.74) is 3.41. The van der Waals surface area contributed by atoms with Crippen molar-refractivity contribution in [3.63, 3.8) is 0 Å². The molecule has 1 aromatic heterocycles. The van der Waals surface area contributed by atoms with E-state index in [1.807, 2.05) is 24.0 Å². The van der Waals surface area contributed by atoms with Gasteiger partial charge in [-0.05, 0) is 42.7 Å². The third-order valence-electron chi connectivity index (χ3n) is 3.44. The van der Waals surface area contributed by atoms with Gasteiger partial charge in [-0.1, -0.05) is 6.58 Å². The van der Waals surface area contributed by atoms with Crippen molar-refractivity contribution in [3.05, 3.63) is 42.4 Å². The number of aromatic nitrogens is 1. The molecule has 1 aromatic carbocycles. The summed E-state index contributed by atoms with van der Waals surface area (Å²) < 4.78 is 14.0. The molecule has 0 N–H and O–H groups in total. The lowest BCUT2D eigenvalue weighted by atomic mass is 10.1. The van der Waals surface area contributed by atoms with Crippen LogP contribution in [0.2, 0.25) is 0 Å². The molecule has 0 unspecified atom stereocenters. The van der Waals surface area contributed by atoms with Crippen molar-refractivity contribution in [2.75, 3.05) is 18.0 Å². The Morgan fingerprint density at radius 1 is 1.33 bits per heavy atom. The summed E-state index contributed by atoms with van der Waals surface area (Å²) in [6.45, 7) is 7.68. The van der Waals surface area contributed by atoms with Crippen LogP contribution in [-0.2, 0) is 0 Å². The van der Waals surface area contributed by atoms with Crippen LogP contribution in [0.4, 0.5) is 10.1 Å². The zero-order valence-electron chi connectivity index (χ0n) is 10.4. The zero-order chi connectivity index (χ0) is 12.7. The summed E-state index contributed by atoms with van der Waals surface area (Å²) in [5.74, 6) is -0.164. The average molecular weight is 242 g/mol. The molecule has 0 aliphatic carbocycles. The van der Waals surface area contributed by atoms with Gasteiger partial charge in [-0.15, -0.1) is 0 Å². The van der Waals surface area contributed by atoms with E-state index in [1.165, 1.54) is 0 Å². The van der Waals surface area contributed by atoms with Gasteiger partial charge >= 0.3 is 0 Å². The van der Waals surface area contributed by atoms with Gasteiger partial charge in [0.15, 0.2) is 0 Å². The van der Waals surface area contributed by atoms with E-state index < -0.39 is 0 Å². The number of benzene rings is 1. The number of pyridine rings is 1. The molecule has 2 heterocycles. The first-order valence-electron chi connectivity index (χ1n) is 6.15. The number of fused-ring (bicyclic) bond motifs is 1. The lowest BCUT2D eigenvalue weighted by Gasteiger charge is -2.33. The second kappa shape index (κ2) is 4.09. The summed E-state index contributed by atoms with van der Waals surface area (Å²) >= 11 is 0.